The Morgan fingerprint density at radius 2 is 1.77 bits per heavy atom. The van der Waals surface area contributed by atoms with Crippen LogP contribution < -0.4 is 5.32 Å². The minimum atomic E-state index is 0.729. The normalized spacial score (nSPS) is 7.85. The molecule has 2 heteroatoms. The summed E-state index contributed by atoms with van der Waals surface area (Å²) in [6, 6.07) is 0. The predicted molar refractivity (Wildman–Crippen MR) is 64.5 cm³/mol. The number of hydrogen-bond acceptors (Lipinski definition) is 1. The molecule has 0 aliphatic rings. The van der Waals surface area contributed by atoms with Gasteiger partial charge in [-0.25, -0.2) is 0 Å². The van der Waals surface area contributed by atoms with Crippen molar-refractivity contribution in [1.29, 1.82) is 0 Å². The maximum Gasteiger partial charge on any atom is 0.0827 e. The molecular weight excluding hydrogens is 160 g/mol. The van der Waals surface area contributed by atoms with Crippen LogP contribution in [0.15, 0.2) is 17.1 Å². The third kappa shape index (κ3) is 35.0. The van der Waals surface area contributed by atoms with Crippen LogP contribution in [0.5, 0.6) is 0 Å². The molecule has 0 saturated heterocycles. The molecule has 13 heavy (non-hydrogen) atoms. The largest absolute Gasteiger partial charge is 0.377 e. The van der Waals surface area contributed by atoms with E-state index < -0.39 is 0 Å². The van der Waals surface area contributed by atoms with Crippen LogP contribution in [-0.2, 0) is 0 Å². The molecule has 0 fully saturated rings. The summed E-state index contributed by atoms with van der Waals surface area (Å²) in [6.45, 7) is 17.4. The molecular formula is C11H26N2. The molecule has 0 spiro atoms. The van der Waals surface area contributed by atoms with Crippen LogP contribution in [0.2, 0.25) is 0 Å². The Balaban J connectivity index is -0.000000218. The van der Waals surface area contributed by atoms with Crippen molar-refractivity contribution in [2.45, 2.75) is 41.5 Å². The average molecular weight is 186 g/mol. The molecule has 0 atom stereocenters. The Morgan fingerprint density at radius 1 is 1.31 bits per heavy atom. The van der Waals surface area contributed by atoms with Gasteiger partial charge in [0.2, 0.25) is 0 Å². The lowest BCUT2D eigenvalue weighted by molar-refractivity contribution is 0.974. The minimum Gasteiger partial charge on any atom is -0.377 e. The van der Waals surface area contributed by atoms with Crippen LogP contribution in [0, 0.1) is 0 Å². The fourth-order valence-corrected chi connectivity index (χ4v) is 0.357. The molecule has 0 aromatic rings. The van der Waals surface area contributed by atoms with Gasteiger partial charge in [-0.3, -0.25) is 4.99 Å². The van der Waals surface area contributed by atoms with Crippen LogP contribution >= 0.6 is 0 Å². The van der Waals surface area contributed by atoms with Crippen molar-refractivity contribution < 1.29 is 0 Å². The van der Waals surface area contributed by atoms with Gasteiger partial charge in [-0.05, 0) is 13.8 Å². The van der Waals surface area contributed by atoms with Crippen molar-refractivity contribution >= 4 is 6.34 Å². The van der Waals surface area contributed by atoms with Crippen molar-refractivity contribution in [3.05, 3.63) is 12.2 Å². The van der Waals surface area contributed by atoms with Gasteiger partial charge in [-0.1, -0.05) is 39.8 Å². The summed E-state index contributed by atoms with van der Waals surface area (Å²) >= 11 is 0. The Morgan fingerprint density at radius 3 is 2.08 bits per heavy atom. The van der Waals surface area contributed by atoms with Gasteiger partial charge in [0.05, 0.1) is 12.9 Å². The lowest BCUT2D eigenvalue weighted by Crippen LogP contribution is -2.09. The minimum absolute atomic E-state index is 0.729. The van der Waals surface area contributed by atoms with E-state index in [1.165, 1.54) is 0 Å². The number of nitrogens with zero attached hydrogens (tertiary/aromatic N) is 1. The van der Waals surface area contributed by atoms with Gasteiger partial charge in [0.15, 0.2) is 0 Å². The predicted octanol–water partition coefficient (Wildman–Crippen LogP) is 3.25. The molecule has 0 aliphatic carbocycles. The molecule has 0 aromatic heterocycles. The highest BCUT2D eigenvalue weighted by Crippen LogP contribution is 1.83. The topological polar surface area (TPSA) is 24.4 Å². The first-order valence-electron chi connectivity index (χ1n) is 5.13. The smallest absolute Gasteiger partial charge is 0.0827 e. The van der Waals surface area contributed by atoms with Gasteiger partial charge in [-0.15, -0.1) is 0 Å². The number of aliphatic imine (C=N–C) groups is 1. The van der Waals surface area contributed by atoms with Gasteiger partial charge in [0.1, 0.15) is 0 Å². The van der Waals surface area contributed by atoms with E-state index >= 15 is 0 Å². The molecule has 0 bridgehead atoms. The fourth-order valence-electron chi connectivity index (χ4n) is 0.357. The van der Waals surface area contributed by atoms with Crippen molar-refractivity contribution in [1.82, 2.24) is 5.32 Å². The van der Waals surface area contributed by atoms with E-state index in [1.54, 1.807) is 6.34 Å². The second-order valence-electron chi connectivity index (χ2n) is 1.98. The van der Waals surface area contributed by atoms with E-state index in [4.69, 9.17) is 0 Å². The van der Waals surface area contributed by atoms with E-state index in [-0.39, 0.29) is 0 Å². The third-order valence-corrected chi connectivity index (χ3v) is 0.748. The van der Waals surface area contributed by atoms with Gasteiger partial charge >= 0.3 is 0 Å². The maximum absolute atomic E-state index is 4.02. The zero-order valence-corrected chi connectivity index (χ0v) is 10.1. The van der Waals surface area contributed by atoms with Gasteiger partial charge in [-0.2, -0.15) is 0 Å². The van der Waals surface area contributed by atoms with Gasteiger partial charge in [0.25, 0.3) is 0 Å². The monoisotopic (exact) mass is 186 g/mol. The zero-order chi connectivity index (χ0) is 11.1. The number of hydrogen-bond donors (Lipinski definition) is 1. The number of rotatable bonds is 4. The highest BCUT2D eigenvalue weighted by atomic mass is 14.9. The first-order chi connectivity index (χ1) is 6.27. The van der Waals surface area contributed by atoms with E-state index in [0.717, 1.165) is 18.7 Å². The second-order valence-corrected chi connectivity index (χ2v) is 1.98. The Kier molecular flexibility index (Phi) is 31.3. The molecule has 0 saturated carbocycles. The molecule has 2 nitrogen and oxygen atoms in total. The average Bonchev–Trinajstić information content (AvgIpc) is 2.19. The van der Waals surface area contributed by atoms with Crippen LogP contribution in [0.4, 0.5) is 0 Å². The Hall–Kier alpha value is -0.790. The Labute approximate surface area is 84.2 Å². The summed E-state index contributed by atoms with van der Waals surface area (Å²) < 4.78 is 0. The van der Waals surface area contributed by atoms with Crippen molar-refractivity contribution in [2.75, 3.05) is 13.1 Å². The molecule has 1 N–H and O–H groups in total. The maximum atomic E-state index is 4.02. The zero-order valence-electron chi connectivity index (χ0n) is 10.1. The fraction of sp³-hybridized carbons (Fsp3) is 0.727. The van der Waals surface area contributed by atoms with E-state index in [9.17, 15) is 0 Å². The standard InChI is InChI=1S/C7H14N2.2C2H6/c1-4-8-6-9-5-7(2)3;2*1-2/h6H,2,4-5H2,1,3H3,(H,8,9);2*1-2H3. The van der Waals surface area contributed by atoms with Crippen molar-refractivity contribution in [3.63, 3.8) is 0 Å². The lowest BCUT2D eigenvalue weighted by atomic mass is 10.4. The van der Waals surface area contributed by atoms with E-state index in [1.807, 2.05) is 41.5 Å². The summed E-state index contributed by atoms with van der Waals surface area (Å²) in [5.41, 5.74) is 1.09. The van der Waals surface area contributed by atoms with Gasteiger partial charge < -0.3 is 5.32 Å². The highest BCUT2D eigenvalue weighted by molar-refractivity contribution is 5.54. The van der Waals surface area contributed by atoms with Crippen LogP contribution in [0.25, 0.3) is 0 Å². The van der Waals surface area contributed by atoms with Crippen LogP contribution in [-0.4, -0.2) is 19.4 Å². The molecule has 80 valence electrons. The van der Waals surface area contributed by atoms with Crippen molar-refractivity contribution in [3.8, 4) is 0 Å². The molecule has 0 amide bonds. The van der Waals surface area contributed by atoms with E-state index in [0.29, 0.717) is 0 Å². The van der Waals surface area contributed by atoms with Crippen LogP contribution in [0.3, 0.4) is 0 Å². The summed E-state index contributed by atoms with van der Waals surface area (Å²) in [6.07, 6.45) is 1.72. The quantitative estimate of drug-likeness (QED) is 0.407. The molecule has 0 radical (unpaired) electrons. The van der Waals surface area contributed by atoms with Crippen LogP contribution in [0.1, 0.15) is 41.5 Å². The first-order valence-corrected chi connectivity index (χ1v) is 5.13. The molecule has 0 unspecified atom stereocenters. The summed E-state index contributed by atoms with van der Waals surface area (Å²) in [5, 5.41) is 2.97. The summed E-state index contributed by atoms with van der Waals surface area (Å²) in [4.78, 5) is 4.02. The molecule has 0 rings (SSSR count). The Bertz CT molecular complexity index is 107. The van der Waals surface area contributed by atoms with Gasteiger partial charge in [0, 0.05) is 6.54 Å². The molecule has 0 heterocycles. The third-order valence-electron chi connectivity index (χ3n) is 0.748. The first kappa shape index (κ1) is 18.1. The number of nitrogens with one attached hydrogen (secondary N) is 1. The molecule has 0 aliphatic heterocycles. The molecule has 0 aromatic carbocycles. The highest BCUT2D eigenvalue weighted by Gasteiger charge is 1.76. The summed E-state index contributed by atoms with van der Waals surface area (Å²) in [5.74, 6) is 0. The summed E-state index contributed by atoms with van der Waals surface area (Å²) in [7, 11) is 0. The SMILES string of the molecule is C=C(C)CN=CNCC.CC.CC. The second kappa shape index (κ2) is 22.5. The lowest BCUT2D eigenvalue weighted by Gasteiger charge is -1.91. The van der Waals surface area contributed by atoms with Crippen molar-refractivity contribution in [2.24, 2.45) is 4.99 Å². The van der Waals surface area contributed by atoms with E-state index in [2.05, 4.69) is 16.9 Å².